The molecule has 0 saturated carbocycles. The third-order valence-electron chi connectivity index (χ3n) is 9.83. The van der Waals surface area contributed by atoms with Crippen molar-refractivity contribution in [3.8, 4) is 45.2 Å². The van der Waals surface area contributed by atoms with Gasteiger partial charge in [0.05, 0.1) is 28.0 Å². The molecule has 2 heterocycles. The van der Waals surface area contributed by atoms with Gasteiger partial charge in [-0.15, -0.1) is 0 Å². The second-order valence-electron chi connectivity index (χ2n) is 15.3. The van der Waals surface area contributed by atoms with Crippen LogP contribution in [-0.2, 0) is 10.8 Å². The molecular formula is C46H41N3O. The van der Waals surface area contributed by atoms with Crippen molar-refractivity contribution in [3.63, 3.8) is 0 Å². The molecule has 0 bridgehead atoms. The number of aromatic hydroxyl groups is 1. The smallest absolute Gasteiger partial charge is 0.149 e. The Labute approximate surface area is 293 Å². The maximum Gasteiger partial charge on any atom is 0.149 e. The average Bonchev–Trinajstić information content (AvgIpc) is 3.50. The summed E-state index contributed by atoms with van der Waals surface area (Å²) < 4.78 is 2.25. The molecule has 0 saturated heterocycles. The van der Waals surface area contributed by atoms with E-state index in [2.05, 4.69) is 161 Å². The van der Waals surface area contributed by atoms with Crippen LogP contribution in [0.25, 0.3) is 72.0 Å². The van der Waals surface area contributed by atoms with E-state index < -0.39 is 0 Å². The number of phenolic OH excluding ortho intramolecular Hbond substituents is 1. The number of para-hydroxylation sites is 1. The fraction of sp³-hybridized carbons (Fsp3) is 0.174. The molecule has 50 heavy (non-hydrogen) atoms. The van der Waals surface area contributed by atoms with Gasteiger partial charge in [-0.25, -0.2) is 4.98 Å². The molecule has 0 fully saturated rings. The molecule has 1 N–H and O–H groups in total. The van der Waals surface area contributed by atoms with Crippen LogP contribution in [0, 0.1) is 0 Å². The zero-order valence-electron chi connectivity index (χ0n) is 29.5. The molecular weight excluding hydrogens is 611 g/mol. The number of pyridine rings is 1. The first kappa shape index (κ1) is 31.5. The molecule has 8 rings (SSSR count). The highest BCUT2D eigenvalue weighted by atomic mass is 16.3. The Morgan fingerprint density at radius 2 is 1.28 bits per heavy atom. The summed E-state index contributed by atoms with van der Waals surface area (Å²) >= 11 is 0. The van der Waals surface area contributed by atoms with Crippen LogP contribution in [0.4, 0.5) is 0 Å². The summed E-state index contributed by atoms with van der Waals surface area (Å²) in [4.78, 5) is 10.2. The summed E-state index contributed by atoms with van der Waals surface area (Å²) in [5, 5.41) is 16.8. The summed E-state index contributed by atoms with van der Waals surface area (Å²) in [6.45, 7) is 13.1. The number of phenols is 1. The maximum absolute atomic E-state index is 12.2. The predicted molar refractivity (Wildman–Crippen MR) is 209 cm³/mol. The van der Waals surface area contributed by atoms with E-state index in [0.717, 1.165) is 77.3 Å². The largest absolute Gasteiger partial charge is 0.507 e. The van der Waals surface area contributed by atoms with E-state index in [4.69, 9.17) is 9.97 Å². The molecule has 8 aromatic rings. The van der Waals surface area contributed by atoms with E-state index in [1.165, 1.54) is 0 Å². The molecule has 246 valence electrons. The minimum Gasteiger partial charge on any atom is -0.507 e. The van der Waals surface area contributed by atoms with E-state index in [1.54, 1.807) is 0 Å². The first-order chi connectivity index (χ1) is 24.0. The van der Waals surface area contributed by atoms with Crippen molar-refractivity contribution in [2.75, 3.05) is 0 Å². The van der Waals surface area contributed by atoms with Gasteiger partial charge in [-0.3, -0.25) is 9.55 Å². The quantitative estimate of drug-likeness (QED) is 0.206. The number of hydrogen-bond acceptors (Lipinski definition) is 3. The Hall–Kier alpha value is -5.74. The van der Waals surface area contributed by atoms with Crippen LogP contribution in [0.15, 0.2) is 134 Å². The van der Waals surface area contributed by atoms with Gasteiger partial charge in [0.15, 0.2) is 0 Å². The van der Waals surface area contributed by atoms with Crippen LogP contribution >= 0.6 is 0 Å². The molecule has 2 aromatic heterocycles. The third-order valence-corrected chi connectivity index (χ3v) is 9.83. The highest BCUT2D eigenvalue weighted by Gasteiger charge is 2.29. The van der Waals surface area contributed by atoms with Crippen molar-refractivity contribution in [2.45, 2.75) is 52.4 Å². The van der Waals surface area contributed by atoms with E-state index in [1.807, 2.05) is 18.3 Å². The van der Waals surface area contributed by atoms with Gasteiger partial charge in [0.1, 0.15) is 11.6 Å². The first-order valence-corrected chi connectivity index (χ1v) is 17.3. The molecule has 0 aliphatic rings. The summed E-state index contributed by atoms with van der Waals surface area (Å²) in [7, 11) is 0. The van der Waals surface area contributed by atoms with Crippen LogP contribution in [0.5, 0.6) is 5.75 Å². The lowest BCUT2D eigenvalue weighted by molar-refractivity contribution is 0.446. The van der Waals surface area contributed by atoms with Crippen molar-refractivity contribution in [3.05, 3.63) is 145 Å². The highest BCUT2D eigenvalue weighted by Crippen LogP contribution is 2.45. The Bertz CT molecular complexity index is 2560. The lowest BCUT2D eigenvalue weighted by Crippen LogP contribution is -2.17. The number of rotatable bonds is 4. The van der Waals surface area contributed by atoms with Crippen LogP contribution in [0.2, 0.25) is 0 Å². The summed E-state index contributed by atoms with van der Waals surface area (Å²) in [6, 6.07) is 44.6. The number of aromatic nitrogens is 3. The van der Waals surface area contributed by atoms with Gasteiger partial charge >= 0.3 is 0 Å². The lowest BCUT2D eigenvalue weighted by atomic mass is 9.79. The fourth-order valence-electron chi connectivity index (χ4n) is 7.17. The van der Waals surface area contributed by atoms with Gasteiger partial charge in [-0.2, -0.15) is 0 Å². The van der Waals surface area contributed by atoms with Crippen LogP contribution in [0.1, 0.15) is 52.7 Å². The third kappa shape index (κ3) is 5.32. The Balaban J connectivity index is 1.51. The van der Waals surface area contributed by atoms with Crippen molar-refractivity contribution in [1.29, 1.82) is 0 Å². The monoisotopic (exact) mass is 651 g/mol. The normalized spacial score (nSPS) is 12.3. The van der Waals surface area contributed by atoms with Crippen LogP contribution in [-0.4, -0.2) is 19.6 Å². The molecule has 0 unspecified atom stereocenters. The molecule has 4 nitrogen and oxygen atoms in total. The Morgan fingerprint density at radius 1 is 0.580 bits per heavy atom. The molecule has 0 atom stereocenters. The lowest BCUT2D eigenvalue weighted by Gasteiger charge is -2.27. The summed E-state index contributed by atoms with van der Waals surface area (Å²) in [5.74, 6) is 0.981. The zero-order chi connectivity index (χ0) is 34.8. The zero-order valence-corrected chi connectivity index (χ0v) is 29.5. The maximum atomic E-state index is 12.2. The van der Waals surface area contributed by atoms with Crippen molar-refractivity contribution in [2.24, 2.45) is 0 Å². The second kappa shape index (κ2) is 11.7. The van der Waals surface area contributed by atoms with E-state index in [9.17, 15) is 5.11 Å². The van der Waals surface area contributed by atoms with Crippen molar-refractivity contribution >= 4 is 32.6 Å². The number of benzene rings is 6. The molecule has 6 aromatic carbocycles. The number of imidazole rings is 1. The fourth-order valence-corrected chi connectivity index (χ4v) is 7.17. The average molecular weight is 652 g/mol. The SMILES string of the molecule is CC(C)(C)c1cc(-c2nc3c(-c4cc(-c5ccccn5)cc5ccccc45)cccc3n2-c2cccc3ccccc23)c(O)c(C(C)(C)C)c1. The van der Waals surface area contributed by atoms with E-state index in [-0.39, 0.29) is 16.6 Å². The van der Waals surface area contributed by atoms with Crippen molar-refractivity contribution in [1.82, 2.24) is 14.5 Å². The molecule has 0 radical (unpaired) electrons. The molecule has 0 aliphatic carbocycles. The first-order valence-electron chi connectivity index (χ1n) is 17.3. The van der Waals surface area contributed by atoms with Crippen molar-refractivity contribution < 1.29 is 5.11 Å². The van der Waals surface area contributed by atoms with E-state index >= 15 is 0 Å². The Kier molecular flexibility index (Phi) is 7.38. The van der Waals surface area contributed by atoms with Crippen LogP contribution in [0.3, 0.4) is 0 Å². The number of nitrogens with zero attached hydrogens (tertiary/aromatic N) is 3. The van der Waals surface area contributed by atoms with E-state index in [0.29, 0.717) is 5.82 Å². The molecule has 0 aliphatic heterocycles. The standard InChI is InChI=1S/C46H41N3O/c1-45(2,3)32-27-37(43(50)38(28-32)46(4,5)6)44-48-42-35(20-14-23-41(42)49(44)40-22-13-17-29-15-7-10-19-34(29)40)36-26-31(39-21-11-12-24-47-39)25-30-16-8-9-18-33(30)36/h7-28,50H,1-6H3. The number of hydrogen-bond donors (Lipinski definition) is 1. The topological polar surface area (TPSA) is 50.9 Å². The van der Waals surface area contributed by atoms with Gasteiger partial charge in [0.25, 0.3) is 0 Å². The van der Waals surface area contributed by atoms with Gasteiger partial charge in [0, 0.05) is 28.3 Å². The van der Waals surface area contributed by atoms with Gasteiger partial charge < -0.3 is 5.11 Å². The predicted octanol–water partition coefficient (Wildman–Crippen LogP) is 12.0. The summed E-state index contributed by atoms with van der Waals surface area (Å²) in [5.41, 5.74) is 9.31. The minimum absolute atomic E-state index is 0.144. The minimum atomic E-state index is -0.285. The summed E-state index contributed by atoms with van der Waals surface area (Å²) in [6.07, 6.45) is 1.84. The second-order valence-corrected chi connectivity index (χ2v) is 15.3. The van der Waals surface area contributed by atoms with Gasteiger partial charge in [0.2, 0.25) is 0 Å². The number of fused-ring (bicyclic) bond motifs is 3. The van der Waals surface area contributed by atoms with Crippen LogP contribution < -0.4 is 0 Å². The Morgan fingerprint density at radius 3 is 2.02 bits per heavy atom. The highest BCUT2D eigenvalue weighted by molar-refractivity contribution is 6.07. The van der Waals surface area contributed by atoms with Gasteiger partial charge in [-0.1, -0.05) is 126 Å². The molecule has 0 spiro atoms. The molecule has 0 amide bonds. The molecule has 4 heteroatoms. The van der Waals surface area contributed by atoms with Gasteiger partial charge in [-0.05, 0) is 80.6 Å².